The van der Waals surface area contributed by atoms with Crippen LogP contribution < -0.4 is 0 Å². The van der Waals surface area contributed by atoms with E-state index in [0.29, 0.717) is 6.42 Å². The maximum absolute atomic E-state index is 11.7. The highest BCUT2D eigenvalue weighted by Crippen LogP contribution is 2.22. The smallest absolute Gasteiger partial charge is 0.303 e. The molecule has 0 saturated carbocycles. The van der Waals surface area contributed by atoms with E-state index in [9.17, 15) is 9.59 Å². The van der Waals surface area contributed by atoms with Crippen molar-refractivity contribution in [2.75, 3.05) is 5.75 Å². The molecule has 3 nitrogen and oxygen atoms in total. The van der Waals surface area contributed by atoms with Gasteiger partial charge in [-0.3, -0.25) is 9.59 Å². The molecular weight excluding hydrogens is 224 g/mol. The molecule has 0 spiro atoms. The number of benzene rings is 1. The molecule has 86 valence electrons. The average Bonchev–Trinajstić information content (AvgIpc) is 2.30. The third-order valence-electron chi connectivity index (χ3n) is 2.39. The van der Waals surface area contributed by atoms with Crippen molar-refractivity contribution in [1.29, 1.82) is 0 Å². The number of carboxylic acid groups (broad SMARTS) is 1. The molecule has 1 rings (SSSR count). The molecular formula is C12H14O3S. The second kappa shape index (κ2) is 6.33. The molecule has 0 amide bonds. The number of carbonyl (C=O) groups excluding carboxylic acids is 1. The van der Waals surface area contributed by atoms with Gasteiger partial charge in [0.05, 0.1) is 0 Å². The van der Waals surface area contributed by atoms with Crippen LogP contribution in [0.2, 0.25) is 0 Å². The summed E-state index contributed by atoms with van der Waals surface area (Å²) in [7, 11) is 0. The standard InChI is InChI=1S/C12H14O3S/c13-11(8-16)10(6-7-12(14)15)9-4-2-1-3-5-9/h1-5,10,16H,6-8H2,(H,14,15). The maximum Gasteiger partial charge on any atom is 0.303 e. The summed E-state index contributed by atoms with van der Waals surface area (Å²) in [5.41, 5.74) is 0.864. The highest BCUT2D eigenvalue weighted by atomic mass is 32.1. The van der Waals surface area contributed by atoms with Gasteiger partial charge in [0.1, 0.15) is 5.78 Å². The number of thiol groups is 1. The fourth-order valence-electron chi connectivity index (χ4n) is 1.58. The maximum atomic E-state index is 11.7. The molecule has 1 aromatic carbocycles. The minimum absolute atomic E-state index is 0.000914. The Bertz CT molecular complexity index is 362. The van der Waals surface area contributed by atoms with Crippen molar-refractivity contribution >= 4 is 24.4 Å². The van der Waals surface area contributed by atoms with Crippen molar-refractivity contribution < 1.29 is 14.7 Å². The molecule has 0 aliphatic rings. The molecule has 0 aromatic heterocycles. The van der Waals surface area contributed by atoms with Gasteiger partial charge in [-0.2, -0.15) is 12.6 Å². The van der Waals surface area contributed by atoms with Gasteiger partial charge in [0.2, 0.25) is 0 Å². The van der Waals surface area contributed by atoms with E-state index < -0.39 is 5.97 Å². The summed E-state index contributed by atoms with van der Waals surface area (Å²) < 4.78 is 0. The lowest BCUT2D eigenvalue weighted by molar-refractivity contribution is -0.137. The number of Topliss-reactive ketones (excluding diaryl/α,β-unsaturated/α-hetero) is 1. The van der Waals surface area contributed by atoms with Crippen LogP contribution in [0.25, 0.3) is 0 Å². The lowest BCUT2D eigenvalue weighted by Gasteiger charge is -2.13. The van der Waals surface area contributed by atoms with E-state index in [4.69, 9.17) is 5.11 Å². The SMILES string of the molecule is O=C(O)CCC(C(=O)CS)c1ccccc1. The lowest BCUT2D eigenvalue weighted by atomic mass is 9.91. The Hall–Kier alpha value is -1.29. The van der Waals surface area contributed by atoms with Crippen LogP contribution in [0.1, 0.15) is 24.3 Å². The Balaban J connectivity index is 2.79. The largest absolute Gasteiger partial charge is 0.481 e. The first-order valence-corrected chi connectivity index (χ1v) is 5.68. The van der Waals surface area contributed by atoms with Gasteiger partial charge in [-0.05, 0) is 12.0 Å². The summed E-state index contributed by atoms with van der Waals surface area (Å²) in [6.07, 6.45) is 0.331. The fourth-order valence-corrected chi connectivity index (χ4v) is 1.80. The number of ketones is 1. The van der Waals surface area contributed by atoms with E-state index in [1.165, 1.54) is 0 Å². The van der Waals surface area contributed by atoms with Crippen LogP contribution in [0.3, 0.4) is 0 Å². The molecule has 4 heteroatoms. The summed E-state index contributed by atoms with van der Waals surface area (Å²) in [5.74, 6) is -1.13. The van der Waals surface area contributed by atoms with Gasteiger partial charge in [-0.1, -0.05) is 30.3 Å². The molecule has 16 heavy (non-hydrogen) atoms. The lowest BCUT2D eigenvalue weighted by Crippen LogP contribution is -2.15. The van der Waals surface area contributed by atoms with Crippen molar-refractivity contribution in [3.63, 3.8) is 0 Å². The Morgan fingerprint density at radius 3 is 2.38 bits per heavy atom. The van der Waals surface area contributed by atoms with Crippen LogP contribution in [0, 0.1) is 0 Å². The average molecular weight is 238 g/mol. The van der Waals surface area contributed by atoms with Gasteiger partial charge in [-0.15, -0.1) is 0 Å². The van der Waals surface area contributed by atoms with Crippen LogP contribution in [-0.4, -0.2) is 22.6 Å². The van der Waals surface area contributed by atoms with Crippen molar-refractivity contribution in [2.24, 2.45) is 0 Å². The van der Waals surface area contributed by atoms with Gasteiger partial charge in [0.15, 0.2) is 0 Å². The van der Waals surface area contributed by atoms with E-state index in [1.54, 1.807) is 0 Å². The molecule has 1 N–H and O–H groups in total. The first-order chi connectivity index (χ1) is 7.65. The molecule has 0 aliphatic carbocycles. The molecule has 0 heterocycles. The van der Waals surface area contributed by atoms with Gasteiger partial charge < -0.3 is 5.11 Å². The van der Waals surface area contributed by atoms with Gasteiger partial charge in [0.25, 0.3) is 0 Å². The third-order valence-corrected chi connectivity index (χ3v) is 2.70. The van der Waals surface area contributed by atoms with Crippen molar-refractivity contribution in [1.82, 2.24) is 0 Å². The first kappa shape index (κ1) is 12.8. The zero-order chi connectivity index (χ0) is 12.0. The number of rotatable bonds is 6. The highest BCUT2D eigenvalue weighted by Gasteiger charge is 2.19. The molecule has 1 aromatic rings. The topological polar surface area (TPSA) is 54.4 Å². The molecule has 0 aliphatic heterocycles. The van der Waals surface area contributed by atoms with Crippen molar-refractivity contribution in [3.8, 4) is 0 Å². The van der Waals surface area contributed by atoms with Crippen LogP contribution in [0.5, 0.6) is 0 Å². The minimum Gasteiger partial charge on any atom is -0.481 e. The quantitative estimate of drug-likeness (QED) is 0.746. The Kier molecular flexibility index (Phi) is 5.05. The molecule has 1 unspecified atom stereocenters. The third kappa shape index (κ3) is 3.70. The summed E-state index contributed by atoms with van der Waals surface area (Å²) in [5, 5.41) is 8.63. The number of hydrogen-bond acceptors (Lipinski definition) is 3. The monoisotopic (exact) mass is 238 g/mol. The predicted molar refractivity (Wildman–Crippen MR) is 64.9 cm³/mol. The molecule has 0 bridgehead atoms. The summed E-state index contributed by atoms with van der Waals surface area (Å²) in [4.78, 5) is 22.2. The van der Waals surface area contributed by atoms with Crippen LogP contribution in [0.15, 0.2) is 30.3 Å². The van der Waals surface area contributed by atoms with E-state index in [2.05, 4.69) is 12.6 Å². The zero-order valence-electron chi connectivity index (χ0n) is 8.80. The second-order valence-electron chi connectivity index (χ2n) is 3.52. The van der Waals surface area contributed by atoms with Gasteiger partial charge in [0, 0.05) is 18.1 Å². The van der Waals surface area contributed by atoms with Crippen molar-refractivity contribution in [3.05, 3.63) is 35.9 Å². The van der Waals surface area contributed by atoms with E-state index in [1.807, 2.05) is 30.3 Å². The van der Waals surface area contributed by atoms with Gasteiger partial charge in [-0.25, -0.2) is 0 Å². The van der Waals surface area contributed by atoms with Crippen LogP contribution in [0.4, 0.5) is 0 Å². The normalized spacial score (nSPS) is 12.1. The summed E-state index contributed by atoms with van der Waals surface area (Å²) in [6, 6.07) is 9.23. The Labute approximate surface area is 99.9 Å². The number of aliphatic carboxylic acids is 1. The molecule has 0 radical (unpaired) electrons. The van der Waals surface area contributed by atoms with Crippen LogP contribution in [-0.2, 0) is 9.59 Å². The molecule has 1 atom stereocenters. The van der Waals surface area contributed by atoms with Crippen LogP contribution >= 0.6 is 12.6 Å². The number of carbonyl (C=O) groups is 2. The van der Waals surface area contributed by atoms with E-state index >= 15 is 0 Å². The van der Waals surface area contributed by atoms with E-state index in [0.717, 1.165) is 5.56 Å². The highest BCUT2D eigenvalue weighted by molar-refractivity contribution is 7.81. The zero-order valence-corrected chi connectivity index (χ0v) is 9.69. The summed E-state index contributed by atoms with van der Waals surface area (Å²) >= 11 is 3.95. The first-order valence-electron chi connectivity index (χ1n) is 5.05. The van der Waals surface area contributed by atoms with E-state index in [-0.39, 0.29) is 23.9 Å². The Morgan fingerprint density at radius 2 is 1.88 bits per heavy atom. The molecule has 0 saturated heterocycles. The minimum atomic E-state index is -0.882. The Morgan fingerprint density at radius 1 is 1.25 bits per heavy atom. The predicted octanol–water partition coefficient (Wildman–Crippen LogP) is 2.13. The van der Waals surface area contributed by atoms with Gasteiger partial charge >= 0.3 is 5.97 Å². The second-order valence-corrected chi connectivity index (χ2v) is 3.84. The number of hydrogen-bond donors (Lipinski definition) is 2. The number of carboxylic acids is 1. The van der Waals surface area contributed by atoms with Crippen molar-refractivity contribution in [2.45, 2.75) is 18.8 Å². The fraction of sp³-hybridized carbons (Fsp3) is 0.333. The summed E-state index contributed by atoms with van der Waals surface area (Å²) in [6.45, 7) is 0. The molecule has 0 fully saturated rings.